The Labute approximate surface area is 156 Å². The second kappa shape index (κ2) is 8.70. The molecule has 0 aliphatic heterocycles. The molecule has 0 heterocycles. The van der Waals surface area contributed by atoms with E-state index in [1.165, 1.54) is 38.2 Å². The van der Waals surface area contributed by atoms with Crippen LogP contribution in [0.15, 0.2) is 42.5 Å². The van der Waals surface area contributed by atoms with Crippen molar-refractivity contribution < 1.29 is 27.8 Å². The number of alkyl halides is 2. The van der Waals surface area contributed by atoms with Gasteiger partial charge in [-0.2, -0.15) is 8.78 Å². The summed E-state index contributed by atoms with van der Waals surface area (Å²) in [6, 6.07) is 11.2. The lowest BCUT2D eigenvalue weighted by Gasteiger charge is -2.14. The SMILES string of the molecule is COc1cc(C(=O)Nc2ccc(OC3CCCC3)cc2)ccc1OC(F)F. The predicted molar refractivity (Wildman–Crippen MR) is 96.9 cm³/mol. The van der Waals surface area contributed by atoms with Crippen molar-refractivity contribution in [2.45, 2.75) is 38.4 Å². The molecule has 0 atom stereocenters. The highest BCUT2D eigenvalue weighted by Gasteiger charge is 2.17. The van der Waals surface area contributed by atoms with Crippen LogP contribution in [0.1, 0.15) is 36.0 Å². The number of carbonyl (C=O) groups excluding carboxylic acids is 1. The molecular formula is C20H21F2NO4. The number of halogens is 2. The van der Waals surface area contributed by atoms with Crippen molar-refractivity contribution in [1.82, 2.24) is 0 Å². The van der Waals surface area contributed by atoms with Crippen LogP contribution < -0.4 is 19.5 Å². The summed E-state index contributed by atoms with van der Waals surface area (Å²) >= 11 is 0. The molecule has 0 unspecified atom stereocenters. The maximum absolute atomic E-state index is 12.4. The topological polar surface area (TPSA) is 56.8 Å². The molecule has 144 valence electrons. The zero-order valence-electron chi connectivity index (χ0n) is 14.9. The number of methoxy groups -OCH3 is 1. The molecule has 0 radical (unpaired) electrons. The van der Waals surface area contributed by atoms with Gasteiger partial charge in [0, 0.05) is 11.3 Å². The summed E-state index contributed by atoms with van der Waals surface area (Å²) in [7, 11) is 1.32. The number of benzene rings is 2. The van der Waals surface area contributed by atoms with Crippen molar-refractivity contribution in [1.29, 1.82) is 0 Å². The van der Waals surface area contributed by atoms with E-state index >= 15 is 0 Å². The molecule has 1 N–H and O–H groups in total. The van der Waals surface area contributed by atoms with E-state index in [0.717, 1.165) is 18.6 Å². The molecule has 0 bridgehead atoms. The lowest BCUT2D eigenvalue weighted by molar-refractivity contribution is -0.0512. The summed E-state index contributed by atoms with van der Waals surface area (Å²) in [4.78, 5) is 12.4. The summed E-state index contributed by atoms with van der Waals surface area (Å²) in [6.45, 7) is -2.97. The summed E-state index contributed by atoms with van der Waals surface area (Å²) in [5.41, 5.74) is 0.866. The third-order valence-corrected chi connectivity index (χ3v) is 4.36. The van der Waals surface area contributed by atoms with Crippen LogP contribution in [0.5, 0.6) is 17.2 Å². The van der Waals surface area contributed by atoms with Gasteiger partial charge in [0.05, 0.1) is 13.2 Å². The highest BCUT2D eigenvalue weighted by atomic mass is 19.3. The largest absolute Gasteiger partial charge is 0.493 e. The highest BCUT2D eigenvalue weighted by Crippen LogP contribution is 2.30. The Morgan fingerprint density at radius 1 is 1.07 bits per heavy atom. The molecule has 1 aliphatic carbocycles. The molecule has 27 heavy (non-hydrogen) atoms. The van der Waals surface area contributed by atoms with Gasteiger partial charge in [-0.25, -0.2) is 0 Å². The van der Waals surface area contributed by atoms with Crippen molar-refractivity contribution in [2.75, 3.05) is 12.4 Å². The Balaban J connectivity index is 1.64. The summed E-state index contributed by atoms with van der Waals surface area (Å²) in [5, 5.41) is 2.75. The summed E-state index contributed by atoms with van der Waals surface area (Å²) in [5.74, 6) is 0.317. The quantitative estimate of drug-likeness (QED) is 0.748. The third kappa shape index (κ3) is 5.09. The van der Waals surface area contributed by atoms with Crippen LogP contribution in [0.2, 0.25) is 0 Å². The normalized spacial score (nSPS) is 14.2. The predicted octanol–water partition coefficient (Wildman–Crippen LogP) is 4.87. The molecule has 1 aliphatic rings. The standard InChI is InChI=1S/C20H21F2NO4/c1-25-18-12-13(6-11-17(18)27-20(21)22)19(24)23-14-7-9-16(10-8-14)26-15-4-2-3-5-15/h6-12,15,20H,2-5H2,1H3,(H,23,24). The van der Waals surface area contributed by atoms with E-state index in [1.54, 1.807) is 12.1 Å². The van der Waals surface area contributed by atoms with Crippen LogP contribution >= 0.6 is 0 Å². The molecule has 3 rings (SSSR count). The smallest absolute Gasteiger partial charge is 0.387 e. The van der Waals surface area contributed by atoms with Gasteiger partial charge < -0.3 is 19.5 Å². The van der Waals surface area contributed by atoms with Crippen molar-refractivity contribution in [2.24, 2.45) is 0 Å². The highest BCUT2D eigenvalue weighted by molar-refractivity contribution is 6.04. The second-order valence-corrected chi connectivity index (χ2v) is 6.25. The summed E-state index contributed by atoms with van der Waals surface area (Å²) < 4.78 is 40.0. The first-order chi connectivity index (χ1) is 13.0. The van der Waals surface area contributed by atoms with Crippen LogP contribution in [0, 0.1) is 0 Å². The number of amides is 1. The molecule has 0 spiro atoms. The second-order valence-electron chi connectivity index (χ2n) is 6.25. The minimum Gasteiger partial charge on any atom is -0.493 e. The first-order valence-corrected chi connectivity index (χ1v) is 8.76. The third-order valence-electron chi connectivity index (χ3n) is 4.36. The van der Waals surface area contributed by atoms with Crippen molar-refractivity contribution >= 4 is 11.6 Å². The number of carbonyl (C=O) groups is 1. The fourth-order valence-corrected chi connectivity index (χ4v) is 3.02. The first-order valence-electron chi connectivity index (χ1n) is 8.76. The van der Waals surface area contributed by atoms with Gasteiger partial charge in [0.15, 0.2) is 11.5 Å². The van der Waals surface area contributed by atoms with Crippen LogP contribution in [0.3, 0.4) is 0 Å². The number of nitrogens with one attached hydrogen (secondary N) is 1. The number of hydrogen-bond acceptors (Lipinski definition) is 4. The Morgan fingerprint density at radius 3 is 2.41 bits per heavy atom. The average molecular weight is 377 g/mol. The van der Waals surface area contributed by atoms with E-state index < -0.39 is 6.61 Å². The first kappa shape index (κ1) is 18.9. The van der Waals surface area contributed by atoms with Crippen molar-refractivity contribution in [3.05, 3.63) is 48.0 Å². The van der Waals surface area contributed by atoms with Gasteiger partial charge in [0.25, 0.3) is 5.91 Å². The van der Waals surface area contributed by atoms with Gasteiger partial charge in [0.2, 0.25) is 0 Å². The van der Waals surface area contributed by atoms with E-state index in [4.69, 9.17) is 9.47 Å². The molecule has 1 amide bonds. The average Bonchev–Trinajstić information content (AvgIpc) is 3.16. The zero-order chi connectivity index (χ0) is 19.2. The lowest BCUT2D eigenvalue weighted by Crippen LogP contribution is -2.13. The molecule has 5 nitrogen and oxygen atoms in total. The molecule has 0 saturated heterocycles. The monoisotopic (exact) mass is 377 g/mol. The molecule has 0 aromatic heterocycles. The Hall–Kier alpha value is -2.83. The van der Waals surface area contributed by atoms with Crippen molar-refractivity contribution in [3.63, 3.8) is 0 Å². The van der Waals surface area contributed by atoms with Gasteiger partial charge in [-0.3, -0.25) is 4.79 Å². The zero-order valence-corrected chi connectivity index (χ0v) is 14.9. The van der Waals surface area contributed by atoms with E-state index in [2.05, 4.69) is 10.1 Å². The summed E-state index contributed by atoms with van der Waals surface area (Å²) in [6.07, 6.45) is 4.82. The van der Waals surface area contributed by atoms with E-state index in [0.29, 0.717) is 5.69 Å². The van der Waals surface area contributed by atoms with Crippen LogP contribution in [0.4, 0.5) is 14.5 Å². The van der Waals surface area contributed by atoms with E-state index in [9.17, 15) is 13.6 Å². The number of anilines is 1. The van der Waals surface area contributed by atoms with Gasteiger partial charge in [-0.1, -0.05) is 0 Å². The van der Waals surface area contributed by atoms with Crippen LogP contribution in [-0.4, -0.2) is 25.7 Å². The molecule has 1 saturated carbocycles. The minimum atomic E-state index is -2.97. The minimum absolute atomic E-state index is 0.0586. The van der Waals surface area contributed by atoms with Gasteiger partial charge >= 0.3 is 6.61 Å². The molecule has 1 fully saturated rings. The number of ether oxygens (including phenoxy) is 3. The van der Waals surface area contributed by atoms with Crippen LogP contribution in [-0.2, 0) is 0 Å². The fourth-order valence-electron chi connectivity index (χ4n) is 3.02. The van der Waals surface area contributed by atoms with Crippen LogP contribution in [0.25, 0.3) is 0 Å². The number of rotatable bonds is 7. The number of hydrogen-bond donors (Lipinski definition) is 1. The van der Waals surface area contributed by atoms with E-state index in [1.807, 2.05) is 12.1 Å². The van der Waals surface area contributed by atoms with Gasteiger partial charge in [0.1, 0.15) is 5.75 Å². The van der Waals surface area contributed by atoms with Crippen molar-refractivity contribution in [3.8, 4) is 17.2 Å². The molecule has 7 heteroatoms. The maximum Gasteiger partial charge on any atom is 0.387 e. The molecule has 2 aromatic rings. The lowest BCUT2D eigenvalue weighted by atomic mass is 10.2. The Bertz CT molecular complexity index is 774. The fraction of sp³-hybridized carbons (Fsp3) is 0.350. The molecular weight excluding hydrogens is 356 g/mol. The van der Waals surface area contributed by atoms with Gasteiger partial charge in [-0.05, 0) is 68.1 Å². The maximum atomic E-state index is 12.4. The molecule has 2 aromatic carbocycles. The van der Waals surface area contributed by atoms with Gasteiger partial charge in [-0.15, -0.1) is 0 Å². The Morgan fingerprint density at radius 2 is 1.78 bits per heavy atom. The Kier molecular flexibility index (Phi) is 6.11. The van der Waals surface area contributed by atoms with E-state index in [-0.39, 0.29) is 29.1 Å².